The Hall–Kier alpha value is -3.22. The van der Waals surface area contributed by atoms with Gasteiger partial charge in [0.2, 0.25) is 0 Å². The van der Waals surface area contributed by atoms with Crippen LogP contribution < -0.4 is 10.6 Å². The quantitative estimate of drug-likeness (QED) is 0.749. The van der Waals surface area contributed by atoms with E-state index in [1.54, 1.807) is 49.4 Å². The lowest BCUT2D eigenvalue weighted by atomic mass is 10.2. The van der Waals surface area contributed by atoms with E-state index in [1.807, 2.05) is 0 Å². The molecule has 2 amide bonds. The number of hydrogen-bond acceptors (Lipinski definition) is 5. The van der Waals surface area contributed by atoms with Gasteiger partial charge >= 0.3 is 5.97 Å². The maximum Gasteiger partial charge on any atom is 0.338 e. The van der Waals surface area contributed by atoms with Crippen molar-refractivity contribution in [1.29, 1.82) is 0 Å². The summed E-state index contributed by atoms with van der Waals surface area (Å²) in [6.45, 7) is 2.04. The number of esters is 1. The van der Waals surface area contributed by atoms with Gasteiger partial charge < -0.3 is 15.4 Å². The number of benzene rings is 1. The molecule has 1 aromatic carbocycles. The van der Waals surface area contributed by atoms with Crippen LogP contribution in [0.2, 0.25) is 0 Å². The van der Waals surface area contributed by atoms with Crippen molar-refractivity contribution in [3.8, 4) is 0 Å². The molecule has 1 heterocycles. The summed E-state index contributed by atoms with van der Waals surface area (Å²) in [5.74, 6) is -1.11. The molecule has 1 fully saturated rings. The number of aromatic nitrogens is 1. The van der Waals surface area contributed by atoms with E-state index in [4.69, 9.17) is 4.74 Å². The lowest BCUT2D eigenvalue weighted by molar-refractivity contribution is 0.0526. The van der Waals surface area contributed by atoms with Crippen LogP contribution in [0.25, 0.3) is 0 Å². The van der Waals surface area contributed by atoms with Gasteiger partial charge in [-0.1, -0.05) is 18.9 Å². The fourth-order valence-electron chi connectivity index (χ4n) is 3.12. The number of pyridine rings is 1. The summed E-state index contributed by atoms with van der Waals surface area (Å²) in [5.41, 5.74) is 1.29. The van der Waals surface area contributed by atoms with Crippen molar-refractivity contribution in [2.75, 3.05) is 11.9 Å². The standard InChI is InChI=1S/C21H23N3O4/c1-2-28-21(27)14-10-12-16(13-11-14)23-20(26)18-9-5-8-17(24-18)19(25)22-15-6-3-4-7-15/h5,8-13,15H,2-4,6-7H2,1H3,(H,22,25)(H,23,26). The number of nitrogens with zero attached hydrogens (tertiary/aromatic N) is 1. The van der Waals surface area contributed by atoms with Gasteiger partial charge in [0.1, 0.15) is 11.4 Å². The Labute approximate surface area is 163 Å². The third-order valence-electron chi connectivity index (χ3n) is 4.56. The number of anilines is 1. The van der Waals surface area contributed by atoms with Crippen LogP contribution in [0.5, 0.6) is 0 Å². The van der Waals surface area contributed by atoms with Crippen molar-refractivity contribution in [3.05, 3.63) is 59.4 Å². The highest BCUT2D eigenvalue weighted by Crippen LogP contribution is 2.18. The molecule has 0 aliphatic heterocycles. The van der Waals surface area contributed by atoms with Crippen molar-refractivity contribution < 1.29 is 19.1 Å². The fraction of sp³-hybridized carbons (Fsp3) is 0.333. The Bertz CT molecular complexity index is 858. The van der Waals surface area contributed by atoms with E-state index in [2.05, 4.69) is 15.6 Å². The average Bonchev–Trinajstić information content (AvgIpc) is 3.22. The van der Waals surface area contributed by atoms with Crippen LogP contribution in [0, 0.1) is 0 Å². The summed E-state index contributed by atoms with van der Waals surface area (Å²) in [6.07, 6.45) is 4.20. The maximum atomic E-state index is 12.5. The molecule has 7 heteroatoms. The van der Waals surface area contributed by atoms with Crippen LogP contribution >= 0.6 is 0 Å². The highest BCUT2D eigenvalue weighted by Gasteiger charge is 2.19. The number of ether oxygens (including phenoxy) is 1. The maximum absolute atomic E-state index is 12.5. The molecule has 0 bridgehead atoms. The predicted molar refractivity (Wildman–Crippen MR) is 104 cm³/mol. The molecule has 1 aliphatic rings. The Morgan fingerprint density at radius 3 is 2.29 bits per heavy atom. The second kappa shape index (κ2) is 9.12. The smallest absolute Gasteiger partial charge is 0.338 e. The van der Waals surface area contributed by atoms with Crippen LogP contribution in [0.15, 0.2) is 42.5 Å². The zero-order chi connectivity index (χ0) is 19.9. The summed E-state index contributed by atoms with van der Waals surface area (Å²) in [6, 6.07) is 11.3. The Kier molecular flexibility index (Phi) is 6.37. The molecule has 0 unspecified atom stereocenters. The largest absolute Gasteiger partial charge is 0.462 e. The van der Waals surface area contributed by atoms with Gasteiger partial charge in [-0.05, 0) is 56.2 Å². The molecular formula is C21H23N3O4. The minimum atomic E-state index is -0.431. The van der Waals surface area contributed by atoms with Crippen molar-refractivity contribution in [2.45, 2.75) is 38.6 Å². The second-order valence-electron chi connectivity index (χ2n) is 6.61. The second-order valence-corrected chi connectivity index (χ2v) is 6.61. The first-order valence-electron chi connectivity index (χ1n) is 9.43. The van der Waals surface area contributed by atoms with E-state index in [0.29, 0.717) is 17.9 Å². The number of carbonyl (C=O) groups is 3. The molecule has 0 spiro atoms. The molecule has 1 aliphatic carbocycles. The third kappa shape index (κ3) is 4.94. The predicted octanol–water partition coefficient (Wildman–Crippen LogP) is 3.18. The first-order valence-corrected chi connectivity index (χ1v) is 9.43. The molecule has 2 aromatic rings. The van der Waals surface area contributed by atoms with E-state index in [9.17, 15) is 14.4 Å². The van der Waals surface area contributed by atoms with Gasteiger partial charge in [0.05, 0.1) is 12.2 Å². The third-order valence-corrected chi connectivity index (χ3v) is 4.56. The van der Waals surface area contributed by atoms with E-state index in [-0.39, 0.29) is 23.3 Å². The summed E-state index contributed by atoms with van der Waals surface area (Å²) in [4.78, 5) is 40.6. The van der Waals surface area contributed by atoms with Crippen molar-refractivity contribution in [3.63, 3.8) is 0 Å². The van der Waals surface area contributed by atoms with Crippen molar-refractivity contribution in [2.24, 2.45) is 0 Å². The first kappa shape index (κ1) is 19.5. The Morgan fingerprint density at radius 1 is 1.00 bits per heavy atom. The monoisotopic (exact) mass is 381 g/mol. The van der Waals surface area contributed by atoms with Gasteiger partial charge in [-0.15, -0.1) is 0 Å². The number of hydrogen-bond donors (Lipinski definition) is 2. The molecule has 2 N–H and O–H groups in total. The van der Waals surface area contributed by atoms with Crippen LogP contribution in [0.1, 0.15) is 63.9 Å². The van der Waals surface area contributed by atoms with E-state index in [1.165, 1.54) is 0 Å². The van der Waals surface area contributed by atoms with E-state index in [0.717, 1.165) is 25.7 Å². The van der Waals surface area contributed by atoms with Crippen LogP contribution in [0.3, 0.4) is 0 Å². The molecule has 7 nitrogen and oxygen atoms in total. The summed E-state index contributed by atoms with van der Waals surface area (Å²) >= 11 is 0. The highest BCUT2D eigenvalue weighted by molar-refractivity contribution is 6.04. The number of carbonyl (C=O) groups excluding carboxylic acids is 3. The first-order chi connectivity index (χ1) is 13.6. The summed E-state index contributed by atoms with van der Waals surface area (Å²) < 4.78 is 4.93. The van der Waals surface area contributed by atoms with Crippen molar-refractivity contribution >= 4 is 23.5 Å². The molecule has 3 rings (SSSR count). The minimum absolute atomic E-state index is 0.147. The van der Waals surface area contributed by atoms with Gasteiger partial charge in [0.15, 0.2) is 0 Å². The summed E-state index contributed by atoms with van der Waals surface area (Å²) in [7, 11) is 0. The van der Waals surface area contributed by atoms with Gasteiger partial charge in [-0.2, -0.15) is 0 Å². The van der Waals surface area contributed by atoms with Crippen LogP contribution in [-0.2, 0) is 4.74 Å². The Morgan fingerprint density at radius 2 is 1.64 bits per heavy atom. The SMILES string of the molecule is CCOC(=O)c1ccc(NC(=O)c2cccc(C(=O)NC3CCCC3)n2)cc1. The van der Waals surface area contributed by atoms with Gasteiger partial charge in [0.25, 0.3) is 11.8 Å². The molecule has 146 valence electrons. The van der Waals surface area contributed by atoms with E-state index < -0.39 is 11.9 Å². The highest BCUT2D eigenvalue weighted by atomic mass is 16.5. The van der Waals surface area contributed by atoms with Gasteiger partial charge in [-0.3, -0.25) is 9.59 Å². The Balaban J connectivity index is 1.64. The number of rotatable bonds is 6. The van der Waals surface area contributed by atoms with E-state index >= 15 is 0 Å². The lowest BCUT2D eigenvalue weighted by Crippen LogP contribution is -2.33. The average molecular weight is 381 g/mol. The topological polar surface area (TPSA) is 97.4 Å². The molecule has 1 saturated carbocycles. The minimum Gasteiger partial charge on any atom is -0.462 e. The molecule has 28 heavy (non-hydrogen) atoms. The van der Waals surface area contributed by atoms with Gasteiger partial charge in [0, 0.05) is 11.7 Å². The molecular weight excluding hydrogens is 358 g/mol. The van der Waals surface area contributed by atoms with Crippen LogP contribution in [-0.4, -0.2) is 35.4 Å². The molecule has 0 atom stereocenters. The molecule has 0 saturated heterocycles. The number of nitrogens with one attached hydrogen (secondary N) is 2. The van der Waals surface area contributed by atoms with Crippen molar-refractivity contribution in [1.82, 2.24) is 10.3 Å². The normalized spacial score (nSPS) is 13.8. The van der Waals surface area contributed by atoms with Crippen LogP contribution in [0.4, 0.5) is 5.69 Å². The zero-order valence-electron chi connectivity index (χ0n) is 15.7. The lowest BCUT2D eigenvalue weighted by Gasteiger charge is -2.12. The zero-order valence-corrected chi connectivity index (χ0v) is 15.7. The fourth-order valence-corrected chi connectivity index (χ4v) is 3.12. The summed E-state index contributed by atoms with van der Waals surface area (Å²) in [5, 5.41) is 5.67. The van der Waals surface area contributed by atoms with Gasteiger partial charge in [-0.25, -0.2) is 9.78 Å². The number of amides is 2. The molecule has 1 aromatic heterocycles. The molecule has 0 radical (unpaired) electrons.